The van der Waals surface area contributed by atoms with E-state index in [-0.39, 0.29) is 24.7 Å². The van der Waals surface area contributed by atoms with Crippen molar-refractivity contribution >= 4 is 5.78 Å². The van der Waals surface area contributed by atoms with E-state index in [9.17, 15) is 9.90 Å². The van der Waals surface area contributed by atoms with Gasteiger partial charge in [0.05, 0.1) is 7.11 Å². The van der Waals surface area contributed by atoms with E-state index < -0.39 is 0 Å². The van der Waals surface area contributed by atoms with E-state index in [1.807, 2.05) is 6.92 Å². The zero-order valence-electron chi connectivity index (χ0n) is 11.8. The first-order valence-corrected chi connectivity index (χ1v) is 6.07. The summed E-state index contributed by atoms with van der Waals surface area (Å²) < 4.78 is 15.5. The van der Waals surface area contributed by atoms with Gasteiger partial charge in [0.15, 0.2) is 6.79 Å². The van der Waals surface area contributed by atoms with Gasteiger partial charge in [0.25, 0.3) is 0 Å². The largest absolute Gasteiger partial charge is 0.507 e. The SMILES string of the molecule is CCC(=O)Cc1c(O)cc(OCOC)c(C)c1OC. The molecule has 1 aromatic carbocycles. The fourth-order valence-corrected chi connectivity index (χ4v) is 1.82. The number of phenolic OH excluding ortho intramolecular Hbond substituents is 1. The molecule has 19 heavy (non-hydrogen) atoms. The van der Waals surface area contributed by atoms with E-state index in [0.717, 1.165) is 5.56 Å². The lowest BCUT2D eigenvalue weighted by Gasteiger charge is -2.16. The monoisotopic (exact) mass is 268 g/mol. The summed E-state index contributed by atoms with van der Waals surface area (Å²) in [4.78, 5) is 11.6. The third-order valence-corrected chi connectivity index (χ3v) is 2.87. The average molecular weight is 268 g/mol. The van der Waals surface area contributed by atoms with Gasteiger partial charge in [0.1, 0.15) is 23.0 Å². The molecule has 0 amide bonds. The number of phenols is 1. The summed E-state index contributed by atoms with van der Waals surface area (Å²) in [5.41, 5.74) is 1.23. The molecule has 1 rings (SSSR count). The molecular formula is C14H20O5. The summed E-state index contributed by atoms with van der Waals surface area (Å²) in [6, 6.07) is 1.48. The third-order valence-electron chi connectivity index (χ3n) is 2.87. The molecule has 5 nitrogen and oxygen atoms in total. The first-order valence-electron chi connectivity index (χ1n) is 6.07. The third kappa shape index (κ3) is 3.61. The van der Waals surface area contributed by atoms with Gasteiger partial charge < -0.3 is 19.3 Å². The average Bonchev–Trinajstić information content (AvgIpc) is 2.41. The standard InChI is InChI=1S/C14H20O5/c1-5-10(15)6-11-12(16)7-13(19-8-17-3)9(2)14(11)18-4/h7,16H,5-6,8H2,1-4H3. The molecule has 1 N–H and O–H groups in total. The summed E-state index contributed by atoms with van der Waals surface area (Å²) in [5.74, 6) is 0.991. The molecule has 106 valence electrons. The highest BCUT2D eigenvalue weighted by atomic mass is 16.7. The van der Waals surface area contributed by atoms with Crippen LogP contribution >= 0.6 is 0 Å². The number of Topliss-reactive ketones (excluding diaryl/α,β-unsaturated/α-hetero) is 1. The van der Waals surface area contributed by atoms with Gasteiger partial charge in [-0.05, 0) is 6.92 Å². The Hall–Kier alpha value is -1.75. The van der Waals surface area contributed by atoms with Crippen molar-refractivity contribution in [2.45, 2.75) is 26.7 Å². The summed E-state index contributed by atoms with van der Waals surface area (Å²) in [6.07, 6.45) is 0.570. The van der Waals surface area contributed by atoms with Crippen molar-refractivity contribution in [2.75, 3.05) is 21.0 Å². The number of carbonyl (C=O) groups excluding carboxylic acids is 1. The van der Waals surface area contributed by atoms with E-state index >= 15 is 0 Å². The van der Waals surface area contributed by atoms with Gasteiger partial charge in [-0.15, -0.1) is 0 Å². The molecule has 1 aromatic rings. The Morgan fingerprint density at radius 1 is 1.37 bits per heavy atom. The molecule has 0 heterocycles. The van der Waals surface area contributed by atoms with Gasteiger partial charge in [0.2, 0.25) is 0 Å². The number of rotatable bonds is 7. The molecule has 0 aliphatic heterocycles. The first-order chi connectivity index (χ1) is 9.04. The lowest BCUT2D eigenvalue weighted by molar-refractivity contribution is -0.118. The van der Waals surface area contributed by atoms with Crippen LogP contribution in [0.1, 0.15) is 24.5 Å². The number of ether oxygens (including phenoxy) is 3. The minimum Gasteiger partial charge on any atom is -0.507 e. The van der Waals surface area contributed by atoms with Crippen LogP contribution in [-0.2, 0) is 16.0 Å². The Kier molecular flexibility index (Phi) is 5.63. The zero-order valence-corrected chi connectivity index (χ0v) is 11.8. The maximum absolute atomic E-state index is 11.6. The smallest absolute Gasteiger partial charge is 0.188 e. The Balaban J connectivity index is 3.18. The van der Waals surface area contributed by atoms with E-state index in [0.29, 0.717) is 23.5 Å². The van der Waals surface area contributed by atoms with Crippen molar-refractivity contribution in [3.8, 4) is 17.2 Å². The van der Waals surface area contributed by atoms with Crippen LogP contribution in [0.5, 0.6) is 17.2 Å². The second-order valence-corrected chi connectivity index (χ2v) is 4.15. The fourth-order valence-electron chi connectivity index (χ4n) is 1.82. The second kappa shape index (κ2) is 6.99. The number of benzene rings is 1. The van der Waals surface area contributed by atoms with Crippen LogP contribution in [-0.4, -0.2) is 31.9 Å². The number of hydrogen-bond acceptors (Lipinski definition) is 5. The summed E-state index contributed by atoms with van der Waals surface area (Å²) in [6.45, 7) is 3.68. The predicted molar refractivity (Wildman–Crippen MR) is 70.9 cm³/mol. The molecule has 0 unspecified atom stereocenters. The van der Waals surface area contributed by atoms with Crippen molar-refractivity contribution in [1.29, 1.82) is 0 Å². The maximum Gasteiger partial charge on any atom is 0.188 e. The van der Waals surface area contributed by atoms with Crippen molar-refractivity contribution in [2.24, 2.45) is 0 Å². The zero-order chi connectivity index (χ0) is 14.4. The Bertz CT molecular complexity index is 454. The van der Waals surface area contributed by atoms with Gasteiger partial charge in [0, 0.05) is 37.1 Å². The van der Waals surface area contributed by atoms with E-state index in [4.69, 9.17) is 14.2 Å². The van der Waals surface area contributed by atoms with E-state index in [2.05, 4.69) is 0 Å². The highest BCUT2D eigenvalue weighted by Gasteiger charge is 2.18. The quantitative estimate of drug-likeness (QED) is 0.768. The molecule has 0 fully saturated rings. The van der Waals surface area contributed by atoms with E-state index in [1.165, 1.54) is 20.3 Å². The van der Waals surface area contributed by atoms with E-state index in [1.54, 1.807) is 6.92 Å². The molecule has 0 aliphatic carbocycles. The van der Waals surface area contributed by atoms with Crippen LogP contribution in [0.2, 0.25) is 0 Å². The van der Waals surface area contributed by atoms with Crippen LogP contribution in [0.3, 0.4) is 0 Å². The summed E-state index contributed by atoms with van der Waals surface area (Å²) in [5, 5.41) is 10.0. The Morgan fingerprint density at radius 3 is 2.58 bits per heavy atom. The predicted octanol–water partition coefficient (Wildman–Crippen LogP) is 2.21. The second-order valence-electron chi connectivity index (χ2n) is 4.15. The molecule has 0 radical (unpaired) electrons. The minimum absolute atomic E-state index is 0.00430. The molecule has 0 aromatic heterocycles. The first kappa shape index (κ1) is 15.3. The molecule has 5 heteroatoms. The minimum atomic E-state index is -0.00430. The van der Waals surface area contributed by atoms with Gasteiger partial charge >= 0.3 is 0 Å². The topological polar surface area (TPSA) is 65.0 Å². The number of carbonyl (C=O) groups is 1. The van der Waals surface area contributed by atoms with Gasteiger partial charge in [-0.3, -0.25) is 4.79 Å². The van der Waals surface area contributed by atoms with Gasteiger partial charge in [-0.25, -0.2) is 0 Å². The highest BCUT2D eigenvalue weighted by Crippen LogP contribution is 2.38. The van der Waals surface area contributed by atoms with Crippen LogP contribution < -0.4 is 9.47 Å². The molecule has 0 saturated carbocycles. The number of methoxy groups -OCH3 is 2. The normalized spacial score (nSPS) is 10.3. The lowest BCUT2D eigenvalue weighted by Crippen LogP contribution is -2.06. The highest BCUT2D eigenvalue weighted by molar-refractivity contribution is 5.82. The van der Waals surface area contributed by atoms with Gasteiger partial charge in [-0.2, -0.15) is 0 Å². The van der Waals surface area contributed by atoms with Crippen LogP contribution in [0.25, 0.3) is 0 Å². The molecule has 0 spiro atoms. The van der Waals surface area contributed by atoms with Crippen molar-refractivity contribution in [3.63, 3.8) is 0 Å². The summed E-state index contributed by atoms with van der Waals surface area (Å²) >= 11 is 0. The van der Waals surface area contributed by atoms with Crippen molar-refractivity contribution in [3.05, 3.63) is 17.2 Å². The molecule has 0 aliphatic rings. The van der Waals surface area contributed by atoms with Crippen LogP contribution in [0.15, 0.2) is 6.07 Å². The number of hydrogen-bond donors (Lipinski definition) is 1. The Labute approximate surface area is 113 Å². The fraction of sp³-hybridized carbons (Fsp3) is 0.500. The Morgan fingerprint density at radius 2 is 2.05 bits per heavy atom. The molecule has 0 saturated heterocycles. The number of aromatic hydroxyl groups is 1. The van der Waals surface area contributed by atoms with Gasteiger partial charge in [-0.1, -0.05) is 6.92 Å². The van der Waals surface area contributed by atoms with Crippen LogP contribution in [0, 0.1) is 6.92 Å². The van der Waals surface area contributed by atoms with Crippen molar-refractivity contribution < 1.29 is 24.1 Å². The van der Waals surface area contributed by atoms with Crippen LogP contribution in [0.4, 0.5) is 0 Å². The maximum atomic E-state index is 11.6. The number of ketones is 1. The molecular weight excluding hydrogens is 248 g/mol. The summed E-state index contributed by atoms with van der Waals surface area (Å²) in [7, 11) is 3.02. The lowest BCUT2D eigenvalue weighted by atomic mass is 10.0. The van der Waals surface area contributed by atoms with Crippen molar-refractivity contribution in [1.82, 2.24) is 0 Å². The molecule has 0 bridgehead atoms. The molecule has 0 atom stereocenters.